The smallest absolute Gasteiger partial charge is 0.123 e. The van der Waals surface area contributed by atoms with Crippen molar-refractivity contribution in [2.75, 3.05) is 6.54 Å². The lowest BCUT2D eigenvalue weighted by atomic mass is 9.96. The van der Waals surface area contributed by atoms with E-state index in [1.807, 2.05) is 13.8 Å². The van der Waals surface area contributed by atoms with E-state index in [9.17, 15) is 9.50 Å². The van der Waals surface area contributed by atoms with Gasteiger partial charge in [-0.1, -0.05) is 18.9 Å². The molecule has 1 aromatic heterocycles. The first kappa shape index (κ1) is 16.6. The maximum Gasteiger partial charge on any atom is 0.123 e. The topological polar surface area (TPSA) is 45.1 Å². The SMILES string of the molecule is Cc1csc(C2(NCC(O)c3ccc(F)cc3C)CCCC2)n1. The molecule has 1 heterocycles. The maximum absolute atomic E-state index is 13.2. The van der Waals surface area contributed by atoms with Gasteiger partial charge in [-0.05, 0) is 49.9 Å². The van der Waals surface area contributed by atoms with Crippen LogP contribution in [0, 0.1) is 19.7 Å². The summed E-state index contributed by atoms with van der Waals surface area (Å²) < 4.78 is 13.2. The predicted molar refractivity (Wildman–Crippen MR) is 91.1 cm³/mol. The van der Waals surface area contributed by atoms with Gasteiger partial charge in [-0.3, -0.25) is 0 Å². The van der Waals surface area contributed by atoms with Crippen LogP contribution in [0.1, 0.15) is 53.6 Å². The van der Waals surface area contributed by atoms with E-state index in [2.05, 4.69) is 15.7 Å². The first-order valence-electron chi connectivity index (χ1n) is 8.12. The molecule has 1 fully saturated rings. The average Bonchev–Trinajstić information content (AvgIpc) is 3.14. The molecule has 1 atom stereocenters. The lowest BCUT2D eigenvalue weighted by Crippen LogP contribution is -2.42. The summed E-state index contributed by atoms with van der Waals surface area (Å²) in [5.41, 5.74) is 2.49. The predicted octanol–water partition coefficient (Wildman–Crippen LogP) is 3.99. The number of hydrogen-bond acceptors (Lipinski definition) is 4. The number of hydrogen-bond donors (Lipinski definition) is 2. The van der Waals surface area contributed by atoms with Crippen molar-refractivity contribution in [3.8, 4) is 0 Å². The molecule has 1 aliphatic rings. The number of thiazole rings is 1. The Balaban J connectivity index is 1.74. The molecule has 1 aromatic carbocycles. The van der Waals surface area contributed by atoms with E-state index in [0.717, 1.165) is 34.7 Å². The van der Waals surface area contributed by atoms with E-state index < -0.39 is 6.10 Å². The second kappa shape index (κ2) is 6.67. The molecule has 2 N–H and O–H groups in total. The van der Waals surface area contributed by atoms with E-state index in [4.69, 9.17) is 0 Å². The Bertz CT molecular complexity index is 679. The Morgan fingerprint density at radius 1 is 1.35 bits per heavy atom. The molecule has 124 valence electrons. The van der Waals surface area contributed by atoms with Gasteiger partial charge in [-0.15, -0.1) is 11.3 Å². The van der Waals surface area contributed by atoms with Crippen LogP contribution in [0.5, 0.6) is 0 Å². The first-order valence-corrected chi connectivity index (χ1v) is 9.00. The summed E-state index contributed by atoms with van der Waals surface area (Å²) in [7, 11) is 0. The van der Waals surface area contributed by atoms with Gasteiger partial charge in [0.2, 0.25) is 0 Å². The molecule has 0 amide bonds. The van der Waals surface area contributed by atoms with Gasteiger partial charge >= 0.3 is 0 Å². The first-order chi connectivity index (χ1) is 11.0. The molecule has 0 bridgehead atoms. The summed E-state index contributed by atoms with van der Waals surface area (Å²) in [4.78, 5) is 4.67. The third-order valence-electron chi connectivity index (χ3n) is 4.71. The van der Waals surface area contributed by atoms with Crippen LogP contribution in [-0.2, 0) is 5.54 Å². The van der Waals surface area contributed by atoms with Crippen LogP contribution in [0.3, 0.4) is 0 Å². The summed E-state index contributed by atoms with van der Waals surface area (Å²) in [5, 5.41) is 17.3. The van der Waals surface area contributed by atoms with Gasteiger partial charge in [0.25, 0.3) is 0 Å². The minimum atomic E-state index is -0.644. The normalized spacial score (nSPS) is 18.3. The zero-order chi connectivity index (χ0) is 16.4. The van der Waals surface area contributed by atoms with Crippen LogP contribution in [0.2, 0.25) is 0 Å². The standard InChI is InChI=1S/C18H23FN2OS/c1-12-9-14(19)5-6-15(12)16(22)10-20-18(7-3-4-8-18)17-21-13(2)11-23-17/h5-6,9,11,16,20,22H,3-4,7-8,10H2,1-2H3. The minimum Gasteiger partial charge on any atom is -0.387 e. The van der Waals surface area contributed by atoms with Crippen molar-refractivity contribution in [2.45, 2.75) is 51.2 Å². The van der Waals surface area contributed by atoms with E-state index >= 15 is 0 Å². The van der Waals surface area contributed by atoms with E-state index in [0.29, 0.717) is 6.54 Å². The Morgan fingerprint density at radius 3 is 2.70 bits per heavy atom. The molecule has 0 radical (unpaired) electrons. The van der Waals surface area contributed by atoms with Gasteiger partial charge in [-0.25, -0.2) is 9.37 Å². The van der Waals surface area contributed by atoms with Crippen LogP contribution >= 0.6 is 11.3 Å². The Kier molecular flexibility index (Phi) is 4.80. The third-order valence-corrected chi connectivity index (χ3v) is 5.87. The highest BCUT2D eigenvalue weighted by molar-refractivity contribution is 7.09. The summed E-state index contributed by atoms with van der Waals surface area (Å²) in [6, 6.07) is 4.54. The van der Waals surface area contributed by atoms with Crippen molar-refractivity contribution >= 4 is 11.3 Å². The second-order valence-electron chi connectivity index (χ2n) is 6.48. The van der Waals surface area contributed by atoms with Crippen molar-refractivity contribution in [2.24, 2.45) is 0 Å². The fourth-order valence-electron chi connectivity index (χ4n) is 3.43. The van der Waals surface area contributed by atoms with Crippen LogP contribution in [0.25, 0.3) is 0 Å². The van der Waals surface area contributed by atoms with Crippen molar-refractivity contribution in [3.05, 3.63) is 51.2 Å². The Morgan fingerprint density at radius 2 is 2.09 bits per heavy atom. The van der Waals surface area contributed by atoms with Gasteiger partial charge in [0, 0.05) is 17.6 Å². The van der Waals surface area contributed by atoms with Crippen LogP contribution in [-0.4, -0.2) is 16.6 Å². The van der Waals surface area contributed by atoms with E-state index in [1.54, 1.807) is 17.4 Å². The lowest BCUT2D eigenvalue weighted by molar-refractivity contribution is 0.154. The fraction of sp³-hybridized carbons (Fsp3) is 0.500. The summed E-state index contributed by atoms with van der Waals surface area (Å²) in [6.45, 7) is 4.29. The molecule has 1 saturated carbocycles. The molecule has 0 saturated heterocycles. The van der Waals surface area contributed by atoms with Gasteiger partial charge in [-0.2, -0.15) is 0 Å². The van der Waals surface area contributed by atoms with Crippen molar-refractivity contribution in [1.29, 1.82) is 0 Å². The molecule has 1 unspecified atom stereocenters. The molecule has 23 heavy (non-hydrogen) atoms. The molecule has 1 aliphatic carbocycles. The number of aliphatic hydroxyl groups excluding tert-OH is 1. The summed E-state index contributed by atoms with van der Waals surface area (Å²) in [5.74, 6) is -0.267. The summed E-state index contributed by atoms with van der Waals surface area (Å²) in [6.07, 6.45) is 3.81. The molecular weight excluding hydrogens is 311 g/mol. The Labute approximate surface area is 140 Å². The molecule has 3 nitrogen and oxygen atoms in total. The van der Waals surface area contributed by atoms with Gasteiger partial charge in [0.15, 0.2) is 0 Å². The fourth-order valence-corrected chi connectivity index (χ4v) is 4.47. The van der Waals surface area contributed by atoms with Gasteiger partial charge in [0.05, 0.1) is 11.6 Å². The number of nitrogens with zero attached hydrogens (tertiary/aromatic N) is 1. The number of aromatic nitrogens is 1. The van der Waals surface area contributed by atoms with Crippen LogP contribution in [0.4, 0.5) is 4.39 Å². The lowest BCUT2D eigenvalue weighted by Gasteiger charge is -2.30. The Hall–Kier alpha value is -1.30. The number of aryl methyl sites for hydroxylation is 2. The number of nitrogens with one attached hydrogen (secondary N) is 1. The number of benzene rings is 1. The van der Waals surface area contributed by atoms with Crippen LogP contribution < -0.4 is 5.32 Å². The third kappa shape index (κ3) is 3.47. The van der Waals surface area contributed by atoms with Gasteiger partial charge < -0.3 is 10.4 Å². The molecule has 2 aromatic rings. The monoisotopic (exact) mass is 334 g/mol. The number of rotatable bonds is 5. The number of aliphatic hydroxyl groups is 1. The largest absolute Gasteiger partial charge is 0.387 e. The zero-order valence-electron chi connectivity index (χ0n) is 13.6. The average molecular weight is 334 g/mol. The molecule has 3 rings (SSSR count). The van der Waals surface area contributed by atoms with Gasteiger partial charge in [0.1, 0.15) is 10.8 Å². The molecule has 0 spiro atoms. The zero-order valence-corrected chi connectivity index (χ0v) is 14.4. The van der Waals surface area contributed by atoms with E-state index in [1.165, 1.54) is 25.0 Å². The van der Waals surface area contributed by atoms with E-state index in [-0.39, 0.29) is 11.4 Å². The van der Waals surface area contributed by atoms with Crippen LogP contribution in [0.15, 0.2) is 23.6 Å². The van der Waals surface area contributed by atoms with Crippen molar-refractivity contribution in [1.82, 2.24) is 10.3 Å². The quantitative estimate of drug-likeness (QED) is 0.869. The summed E-state index contributed by atoms with van der Waals surface area (Å²) >= 11 is 1.69. The second-order valence-corrected chi connectivity index (χ2v) is 7.34. The highest BCUT2D eigenvalue weighted by atomic mass is 32.1. The van der Waals surface area contributed by atoms with Crippen molar-refractivity contribution in [3.63, 3.8) is 0 Å². The maximum atomic E-state index is 13.2. The minimum absolute atomic E-state index is 0.117. The molecular formula is C18H23FN2OS. The number of halogens is 1. The molecule has 0 aliphatic heterocycles. The van der Waals surface area contributed by atoms with Crippen molar-refractivity contribution < 1.29 is 9.50 Å². The molecule has 5 heteroatoms. The highest BCUT2D eigenvalue weighted by Crippen LogP contribution is 2.40. The highest BCUT2D eigenvalue weighted by Gasteiger charge is 2.38.